The summed E-state index contributed by atoms with van der Waals surface area (Å²) in [4.78, 5) is 5.71. The highest BCUT2D eigenvalue weighted by Crippen LogP contribution is 2.28. The zero-order chi connectivity index (χ0) is 10.7. The molecule has 0 unspecified atom stereocenters. The lowest BCUT2D eigenvalue weighted by Crippen LogP contribution is -1.87. The SMILES string of the molecule is Nc1cc(F)cc(Sc2ccncc2)c1. The molecule has 1 aromatic heterocycles. The molecule has 1 aromatic carbocycles. The van der Waals surface area contributed by atoms with E-state index in [0.717, 1.165) is 9.79 Å². The van der Waals surface area contributed by atoms with E-state index < -0.39 is 0 Å². The first-order valence-corrected chi connectivity index (χ1v) is 5.19. The molecule has 4 heteroatoms. The van der Waals surface area contributed by atoms with E-state index in [2.05, 4.69) is 4.98 Å². The van der Waals surface area contributed by atoms with Gasteiger partial charge in [-0.2, -0.15) is 0 Å². The number of nitrogen functional groups attached to an aromatic ring is 1. The number of hydrogen-bond donors (Lipinski definition) is 1. The molecule has 0 bridgehead atoms. The normalized spacial score (nSPS) is 10.2. The topological polar surface area (TPSA) is 38.9 Å². The van der Waals surface area contributed by atoms with Gasteiger partial charge in [0.2, 0.25) is 0 Å². The Morgan fingerprint density at radius 2 is 1.80 bits per heavy atom. The Bertz CT molecular complexity index is 439. The molecule has 2 rings (SSSR count). The average molecular weight is 220 g/mol. The summed E-state index contributed by atoms with van der Waals surface area (Å²) < 4.78 is 13.0. The van der Waals surface area contributed by atoms with Crippen LogP contribution in [0.3, 0.4) is 0 Å². The maximum atomic E-state index is 13.0. The van der Waals surface area contributed by atoms with Gasteiger partial charge in [0.25, 0.3) is 0 Å². The molecule has 0 fully saturated rings. The third kappa shape index (κ3) is 2.70. The lowest BCUT2D eigenvalue weighted by molar-refractivity contribution is 0.625. The number of hydrogen-bond acceptors (Lipinski definition) is 3. The van der Waals surface area contributed by atoms with Gasteiger partial charge in [0, 0.05) is 27.9 Å². The fraction of sp³-hybridized carbons (Fsp3) is 0. The Morgan fingerprint density at radius 1 is 1.07 bits per heavy atom. The third-order valence-corrected chi connectivity index (χ3v) is 2.76. The van der Waals surface area contributed by atoms with Crippen molar-refractivity contribution in [2.24, 2.45) is 0 Å². The van der Waals surface area contributed by atoms with Crippen LogP contribution in [0.4, 0.5) is 10.1 Å². The van der Waals surface area contributed by atoms with Crippen LogP contribution in [0.15, 0.2) is 52.5 Å². The highest BCUT2D eigenvalue weighted by molar-refractivity contribution is 7.99. The van der Waals surface area contributed by atoms with Crippen LogP contribution in [-0.2, 0) is 0 Å². The van der Waals surface area contributed by atoms with Crippen molar-refractivity contribution in [3.05, 3.63) is 48.5 Å². The zero-order valence-electron chi connectivity index (χ0n) is 7.85. The van der Waals surface area contributed by atoms with Crippen molar-refractivity contribution >= 4 is 17.4 Å². The molecular formula is C11H9FN2S. The molecule has 0 atom stereocenters. The number of anilines is 1. The maximum Gasteiger partial charge on any atom is 0.126 e. The summed E-state index contributed by atoms with van der Waals surface area (Å²) in [6.07, 6.45) is 3.40. The van der Waals surface area contributed by atoms with Crippen LogP contribution in [0.2, 0.25) is 0 Å². The van der Waals surface area contributed by atoms with Gasteiger partial charge in [-0.15, -0.1) is 0 Å². The number of nitrogens with zero attached hydrogens (tertiary/aromatic N) is 1. The molecule has 1 heterocycles. The van der Waals surface area contributed by atoms with Crippen LogP contribution in [0.25, 0.3) is 0 Å². The molecule has 0 saturated carbocycles. The molecular weight excluding hydrogens is 211 g/mol. The highest BCUT2D eigenvalue weighted by Gasteiger charge is 2.00. The summed E-state index contributed by atoms with van der Waals surface area (Å²) in [7, 11) is 0. The Hall–Kier alpha value is -1.55. The minimum Gasteiger partial charge on any atom is -0.399 e. The molecule has 0 radical (unpaired) electrons. The van der Waals surface area contributed by atoms with E-state index in [0.29, 0.717) is 5.69 Å². The number of nitrogens with two attached hydrogens (primary N) is 1. The number of halogens is 1. The van der Waals surface area contributed by atoms with Crippen LogP contribution in [0.5, 0.6) is 0 Å². The van der Waals surface area contributed by atoms with Gasteiger partial charge in [-0.1, -0.05) is 11.8 Å². The van der Waals surface area contributed by atoms with Crippen LogP contribution in [-0.4, -0.2) is 4.98 Å². The number of pyridine rings is 1. The molecule has 76 valence electrons. The van der Waals surface area contributed by atoms with Crippen LogP contribution < -0.4 is 5.73 Å². The molecule has 2 N–H and O–H groups in total. The first-order chi connectivity index (χ1) is 7.24. The van der Waals surface area contributed by atoms with Gasteiger partial charge in [0.1, 0.15) is 5.82 Å². The summed E-state index contributed by atoms with van der Waals surface area (Å²) in [6.45, 7) is 0. The van der Waals surface area contributed by atoms with Gasteiger partial charge in [-0.05, 0) is 30.3 Å². The molecule has 0 aliphatic carbocycles. The molecule has 0 spiro atoms. The van der Waals surface area contributed by atoms with Crippen molar-refractivity contribution in [3.63, 3.8) is 0 Å². The van der Waals surface area contributed by atoms with Gasteiger partial charge >= 0.3 is 0 Å². The van der Waals surface area contributed by atoms with E-state index in [4.69, 9.17) is 5.73 Å². The van der Waals surface area contributed by atoms with E-state index in [-0.39, 0.29) is 5.82 Å². The zero-order valence-corrected chi connectivity index (χ0v) is 8.67. The molecule has 0 aliphatic rings. The Balaban J connectivity index is 2.25. The third-order valence-electron chi connectivity index (χ3n) is 1.78. The minimum absolute atomic E-state index is 0.313. The van der Waals surface area contributed by atoms with Gasteiger partial charge < -0.3 is 5.73 Å². The molecule has 0 amide bonds. The molecule has 0 aliphatic heterocycles. The summed E-state index contributed by atoms with van der Waals surface area (Å²) in [5.41, 5.74) is 5.98. The van der Waals surface area contributed by atoms with E-state index in [1.54, 1.807) is 18.5 Å². The Kier molecular flexibility index (Phi) is 2.87. The van der Waals surface area contributed by atoms with Crippen LogP contribution >= 0.6 is 11.8 Å². The van der Waals surface area contributed by atoms with Crippen molar-refractivity contribution in [1.29, 1.82) is 0 Å². The first kappa shape index (κ1) is 9.98. The second-order valence-electron chi connectivity index (χ2n) is 3.01. The summed E-state index contributed by atoms with van der Waals surface area (Å²) in [6, 6.07) is 8.24. The largest absolute Gasteiger partial charge is 0.399 e. The standard InChI is InChI=1S/C11H9FN2S/c12-8-5-9(13)7-11(6-8)15-10-1-3-14-4-2-10/h1-7H,13H2. The van der Waals surface area contributed by atoms with E-state index in [9.17, 15) is 4.39 Å². The summed E-state index contributed by atoms with van der Waals surface area (Å²) in [5.74, 6) is -0.313. The van der Waals surface area contributed by atoms with Crippen LogP contribution in [0, 0.1) is 5.82 Å². The minimum atomic E-state index is -0.313. The highest BCUT2D eigenvalue weighted by atomic mass is 32.2. The maximum absolute atomic E-state index is 13.0. The van der Waals surface area contributed by atoms with Gasteiger partial charge in [0.15, 0.2) is 0 Å². The van der Waals surface area contributed by atoms with Gasteiger partial charge in [0.05, 0.1) is 0 Å². The Morgan fingerprint density at radius 3 is 2.47 bits per heavy atom. The van der Waals surface area contributed by atoms with Crippen LogP contribution in [0.1, 0.15) is 0 Å². The van der Waals surface area contributed by atoms with Gasteiger partial charge in [-0.3, -0.25) is 4.98 Å². The molecule has 2 nitrogen and oxygen atoms in total. The predicted octanol–water partition coefficient (Wildman–Crippen LogP) is 2.95. The van der Waals surface area contributed by atoms with Gasteiger partial charge in [-0.25, -0.2) is 4.39 Å². The van der Waals surface area contributed by atoms with Crippen molar-refractivity contribution in [2.45, 2.75) is 9.79 Å². The fourth-order valence-electron chi connectivity index (χ4n) is 1.19. The second-order valence-corrected chi connectivity index (χ2v) is 4.15. The Labute approximate surface area is 91.3 Å². The van der Waals surface area contributed by atoms with E-state index >= 15 is 0 Å². The molecule has 2 aromatic rings. The first-order valence-electron chi connectivity index (χ1n) is 4.38. The monoisotopic (exact) mass is 220 g/mol. The smallest absolute Gasteiger partial charge is 0.126 e. The molecule has 15 heavy (non-hydrogen) atoms. The number of benzene rings is 1. The second kappa shape index (κ2) is 4.31. The van der Waals surface area contributed by atoms with E-state index in [1.165, 1.54) is 23.9 Å². The lowest BCUT2D eigenvalue weighted by atomic mass is 10.3. The van der Waals surface area contributed by atoms with Crippen molar-refractivity contribution in [3.8, 4) is 0 Å². The molecule has 0 saturated heterocycles. The number of aromatic nitrogens is 1. The van der Waals surface area contributed by atoms with Crippen molar-refractivity contribution in [1.82, 2.24) is 4.98 Å². The van der Waals surface area contributed by atoms with E-state index in [1.807, 2.05) is 12.1 Å². The average Bonchev–Trinajstić information content (AvgIpc) is 2.17. The van der Waals surface area contributed by atoms with Crippen molar-refractivity contribution in [2.75, 3.05) is 5.73 Å². The summed E-state index contributed by atoms with van der Waals surface area (Å²) in [5, 5.41) is 0. The fourth-order valence-corrected chi connectivity index (χ4v) is 2.08. The predicted molar refractivity (Wildman–Crippen MR) is 59.2 cm³/mol. The quantitative estimate of drug-likeness (QED) is 0.791. The summed E-state index contributed by atoms with van der Waals surface area (Å²) >= 11 is 1.46. The lowest BCUT2D eigenvalue weighted by Gasteiger charge is -2.02. The van der Waals surface area contributed by atoms with Crippen molar-refractivity contribution < 1.29 is 4.39 Å². The number of rotatable bonds is 2.